The molecular formula is C16H20FN3O2S. The van der Waals surface area contributed by atoms with Crippen LogP contribution in [-0.2, 0) is 10.0 Å². The summed E-state index contributed by atoms with van der Waals surface area (Å²) in [6.45, 7) is 0.322. The number of sulfonamides is 1. The minimum absolute atomic E-state index is 0.0557. The lowest BCUT2D eigenvalue weighted by atomic mass is 9.86. The van der Waals surface area contributed by atoms with Gasteiger partial charge in [0, 0.05) is 24.2 Å². The first-order chi connectivity index (χ1) is 11.0. The number of benzene rings is 1. The van der Waals surface area contributed by atoms with Gasteiger partial charge in [-0.15, -0.1) is 0 Å². The lowest BCUT2D eigenvalue weighted by Crippen LogP contribution is -2.28. The molecule has 3 rings (SSSR count). The minimum Gasteiger partial charge on any atom is -0.382 e. The summed E-state index contributed by atoms with van der Waals surface area (Å²) >= 11 is 0. The normalized spacial score (nSPS) is 26.7. The monoisotopic (exact) mass is 337 g/mol. The van der Waals surface area contributed by atoms with Crippen LogP contribution in [0, 0.1) is 23.1 Å². The van der Waals surface area contributed by atoms with E-state index in [1.54, 1.807) is 12.1 Å². The molecule has 1 heterocycles. The van der Waals surface area contributed by atoms with Crippen LogP contribution in [0.5, 0.6) is 0 Å². The molecule has 5 nitrogen and oxygen atoms in total. The van der Waals surface area contributed by atoms with Gasteiger partial charge in [0.2, 0.25) is 10.0 Å². The number of anilines is 2. The Bertz CT molecular complexity index is 729. The highest BCUT2D eigenvalue weighted by atomic mass is 32.2. The van der Waals surface area contributed by atoms with Crippen LogP contribution in [0.1, 0.15) is 32.1 Å². The van der Waals surface area contributed by atoms with Gasteiger partial charge in [-0.2, -0.15) is 5.26 Å². The average molecular weight is 337 g/mol. The zero-order valence-corrected chi connectivity index (χ0v) is 13.7. The van der Waals surface area contributed by atoms with Crippen LogP contribution in [0.2, 0.25) is 0 Å². The molecule has 1 aromatic carbocycles. The molecule has 0 bridgehead atoms. The van der Waals surface area contributed by atoms with Crippen molar-refractivity contribution in [1.82, 2.24) is 0 Å². The molecule has 0 aromatic heterocycles. The predicted molar refractivity (Wildman–Crippen MR) is 87.1 cm³/mol. The van der Waals surface area contributed by atoms with Crippen LogP contribution in [0.4, 0.5) is 15.8 Å². The van der Waals surface area contributed by atoms with Gasteiger partial charge in [0.15, 0.2) is 0 Å². The van der Waals surface area contributed by atoms with E-state index in [0.717, 1.165) is 30.0 Å². The summed E-state index contributed by atoms with van der Waals surface area (Å²) in [5, 5.41) is 12.4. The zero-order valence-electron chi connectivity index (χ0n) is 12.8. The first-order valence-corrected chi connectivity index (χ1v) is 9.56. The third kappa shape index (κ3) is 3.42. The van der Waals surface area contributed by atoms with Crippen molar-refractivity contribution >= 4 is 21.4 Å². The average Bonchev–Trinajstić information content (AvgIpc) is 2.88. The van der Waals surface area contributed by atoms with E-state index in [-0.39, 0.29) is 23.4 Å². The molecule has 1 aromatic rings. The van der Waals surface area contributed by atoms with Gasteiger partial charge in [-0.1, -0.05) is 6.42 Å². The number of rotatable bonds is 3. The van der Waals surface area contributed by atoms with Crippen molar-refractivity contribution < 1.29 is 12.8 Å². The van der Waals surface area contributed by atoms with Gasteiger partial charge in [0.25, 0.3) is 0 Å². The minimum atomic E-state index is -3.40. The molecule has 23 heavy (non-hydrogen) atoms. The second-order valence-electron chi connectivity index (χ2n) is 6.24. The molecule has 2 unspecified atom stereocenters. The molecule has 1 N–H and O–H groups in total. The maximum absolute atomic E-state index is 14.1. The summed E-state index contributed by atoms with van der Waals surface area (Å²) in [6, 6.07) is 6.96. The van der Waals surface area contributed by atoms with E-state index in [9.17, 15) is 12.8 Å². The van der Waals surface area contributed by atoms with Crippen LogP contribution in [-0.4, -0.2) is 26.8 Å². The fourth-order valence-electron chi connectivity index (χ4n) is 3.38. The molecule has 0 radical (unpaired) electrons. The molecule has 1 aliphatic carbocycles. The molecule has 1 saturated heterocycles. The largest absolute Gasteiger partial charge is 0.382 e. The molecule has 1 aliphatic heterocycles. The standard InChI is InChI=1S/C16H20FN3O2S/c17-15-6-5-14(19-13-4-1-3-12(9-13)11-18)10-16(15)20-7-2-8-23(20,21)22/h5-6,10,12-13,19H,1-4,7-9H2. The van der Waals surface area contributed by atoms with Crippen molar-refractivity contribution in [2.45, 2.75) is 38.1 Å². The summed E-state index contributed by atoms with van der Waals surface area (Å²) in [5.41, 5.74) is 0.812. The lowest BCUT2D eigenvalue weighted by molar-refractivity contribution is 0.395. The highest BCUT2D eigenvalue weighted by Gasteiger charge is 2.30. The van der Waals surface area contributed by atoms with E-state index in [0.29, 0.717) is 18.7 Å². The summed E-state index contributed by atoms with van der Waals surface area (Å²) in [5.74, 6) is -0.406. The number of nitriles is 1. The van der Waals surface area contributed by atoms with E-state index < -0.39 is 15.8 Å². The Kier molecular flexibility index (Phi) is 4.44. The van der Waals surface area contributed by atoms with Gasteiger partial charge in [0.1, 0.15) is 5.82 Å². The summed E-state index contributed by atoms with van der Waals surface area (Å²) in [6.07, 6.45) is 4.17. The quantitative estimate of drug-likeness (QED) is 0.920. The van der Waals surface area contributed by atoms with Gasteiger partial charge in [0.05, 0.1) is 17.5 Å². The van der Waals surface area contributed by atoms with Gasteiger partial charge >= 0.3 is 0 Å². The van der Waals surface area contributed by atoms with Crippen molar-refractivity contribution in [2.75, 3.05) is 21.9 Å². The Morgan fingerprint density at radius 3 is 2.83 bits per heavy atom. The Labute approximate surface area is 136 Å². The predicted octanol–water partition coefficient (Wildman–Crippen LogP) is 2.86. The van der Waals surface area contributed by atoms with Crippen LogP contribution < -0.4 is 9.62 Å². The Morgan fingerprint density at radius 2 is 2.13 bits per heavy atom. The maximum Gasteiger partial charge on any atom is 0.235 e. The maximum atomic E-state index is 14.1. The Morgan fingerprint density at radius 1 is 1.30 bits per heavy atom. The van der Waals surface area contributed by atoms with Crippen molar-refractivity contribution in [3.63, 3.8) is 0 Å². The topological polar surface area (TPSA) is 73.2 Å². The number of hydrogen-bond donors (Lipinski definition) is 1. The van der Waals surface area contributed by atoms with Crippen molar-refractivity contribution in [3.8, 4) is 6.07 Å². The molecule has 124 valence electrons. The molecule has 1 saturated carbocycles. The SMILES string of the molecule is N#CC1CCCC(Nc2ccc(F)c(N3CCCS3(=O)=O)c2)C1. The third-order valence-electron chi connectivity index (χ3n) is 4.54. The first kappa shape index (κ1) is 16.1. The second kappa shape index (κ2) is 6.36. The number of nitrogens with zero attached hydrogens (tertiary/aromatic N) is 2. The van der Waals surface area contributed by atoms with E-state index >= 15 is 0 Å². The van der Waals surface area contributed by atoms with Crippen molar-refractivity contribution in [3.05, 3.63) is 24.0 Å². The van der Waals surface area contributed by atoms with Crippen LogP contribution in [0.3, 0.4) is 0 Å². The van der Waals surface area contributed by atoms with E-state index in [1.165, 1.54) is 6.07 Å². The zero-order chi connectivity index (χ0) is 16.4. The van der Waals surface area contributed by atoms with E-state index in [4.69, 9.17) is 5.26 Å². The van der Waals surface area contributed by atoms with Crippen molar-refractivity contribution in [1.29, 1.82) is 5.26 Å². The lowest BCUT2D eigenvalue weighted by Gasteiger charge is -2.27. The summed E-state index contributed by atoms with van der Waals surface area (Å²) in [7, 11) is -3.40. The Hall–Kier alpha value is -1.81. The molecule has 2 atom stereocenters. The molecule has 2 fully saturated rings. The fraction of sp³-hybridized carbons (Fsp3) is 0.562. The smallest absolute Gasteiger partial charge is 0.235 e. The third-order valence-corrected chi connectivity index (χ3v) is 6.40. The molecule has 2 aliphatic rings. The first-order valence-electron chi connectivity index (χ1n) is 7.96. The van der Waals surface area contributed by atoms with Crippen LogP contribution in [0.15, 0.2) is 18.2 Å². The van der Waals surface area contributed by atoms with Gasteiger partial charge in [-0.25, -0.2) is 12.8 Å². The van der Waals surface area contributed by atoms with Crippen LogP contribution >= 0.6 is 0 Å². The van der Waals surface area contributed by atoms with Crippen LogP contribution in [0.25, 0.3) is 0 Å². The fourth-order valence-corrected chi connectivity index (χ4v) is 4.94. The summed E-state index contributed by atoms with van der Waals surface area (Å²) < 4.78 is 39.2. The number of hydrogen-bond acceptors (Lipinski definition) is 4. The number of halogens is 1. The van der Waals surface area contributed by atoms with E-state index in [1.807, 2.05) is 0 Å². The van der Waals surface area contributed by atoms with Gasteiger partial charge in [-0.3, -0.25) is 4.31 Å². The highest BCUT2D eigenvalue weighted by molar-refractivity contribution is 7.93. The molecule has 0 spiro atoms. The second-order valence-corrected chi connectivity index (χ2v) is 8.25. The van der Waals surface area contributed by atoms with Gasteiger partial charge < -0.3 is 5.32 Å². The Balaban J connectivity index is 1.79. The molecular weight excluding hydrogens is 317 g/mol. The van der Waals surface area contributed by atoms with E-state index in [2.05, 4.69) is 11.4 Å². The molecule has 7 heteroatoms. The summed E-state index contributed by atoms with van der Waals surface area (Å²) in [4.78, 5) is 0. The highest BCUT2D eigenvalue weighted by Crippen LogP contribution is 2.31. The van der Waals surface area contributed by atoms with Gasteiger partial charge in [-0.05, 0) is 43.9 Å². The molecule has 0 amide bonds. The number of nitrogens with one attached hydrogen (secondary N) is 1. The van der Waals surface area contributed by atoms with Crippen molar-refractivity contribution in [2.24, 2.45) is 5.92 Å².